The highest BCUT2D eigenvalue weighted by Crippen LogP contribution is 2.32. The average Bonchev–Trinajstić information content (AvgIpc) is 2.91. The Morgan fingerprint density at radius 2 is 2.20 bits per heavy atom. The van der Waals surface area contributed by atoms with Crippen LogP contribution in [0.25, 0.3) is 10.2 Å². The van der Waals surface area contributed by atoms with Gasteiger partial charge in [0.2, 0.25) is 5.88 Å². The number of ether oxygens (including phenoxy) is 1. The number of allylic oxidation sites excluding steroid dienone is 1. The van der Waals surface area contributed by atoms with Crippen LogP contribution in [0.15, 0.2) is 48.6 Å². The van der Waals surface area contributed by atoms with Crippen LogP contribution >= 0.6 is 11.3 Å². The quantitative estimate of drug-likeness (QED) is 0.584. The van der Waals surface area contributed by atoms with Crippen LogP contribution in [0.4, 0.5) is 5.69 Å². The van der Waals surface area contributed by atoms with E-state index in [4.69, 9.17) is 10.5 Å². The molecule has 0 aliphatic carbocycles. The van der Waals surface area contributed by atoms with Gasteiger partial charge in [0.25, 0.3) is 0 Å². The number of thiophene rings is 1. The van der Waals surface area contributed by atoms with E-state index >= 15 is 0 Å². The Hall–Kier alpha value is -2.40. The first-order valence-corrected chi connectivity index (χ1v) is 7.01. The lowest BCUT2D eigenvalue weighted by molar-refractivity contribution is 0.464. The molecule has 0 radical (unpaired) electrons. The molecule has 0 atom stereocenters. The molecule has 4 nitrogen and oxygen atoms in total. The maximum Gasteiger partial charge on any atom is 0.231 e. The van der Waals surface area contributed by atoms with Gasteiger partial charge in [0.1, 0.15) is 16.9 Å². The van der Waals surface area contributed by atoms with E-state index in [1.165, 1.54) is 6.33 Å². The van der Waals surface area contributed by atoms with Crippen molar-refractivity contribution >= 4 is 27.2 Å². The topological polar surface area (TPSA) is 61.0 Å². The molecule has 0 spiro atoms. The van der Waals surface area contributed by atoms with Crippen LogP contribution < -0.4 is 10.5 Å². The van der Waals surface area contributed by atoms with Crippen molar-refractivity contribution < 1.29 is 4.74 Å². The molecule has 0 fully saturated rings. The summed E-state index contributed by atoms with van der Waals surface area (Å²) in [7, 11) is 0. The van der Waals surface area contributed by atoms with Crippen LogP contribution in [0.5, 0.6) is 11.6 Å². The third-order valence-electron chi connectivity index (χ3n) is 2.88. The van der Waals surface area contributed by atoms with E-state index in [-0.39, 0.29) is 0 Å². The van der Waals surface area contributed by atoms with E-state index in [1.54, 1.807) is 11.3 Å². The molecular weight excluding hydrogens is 270 g/mol. The first-order chi connectivity index (χ1) is 9.78. The summed E-state index contributed by atoms with van der Waals surface area (Å²) in [5.74, 6) is 1.30. The van der Waals surface area contributed by atoms with Crippen LogP contribution in [0.2, 0.25) is 0 Å². The zero-order chi connectivity index (χ0) is 13.9. The molecule has 2 aromatic heterocycles. The van der Waals surface area contributed by atoms with E-state index in [9.17, 15) is 0 Å². The highest BCUT2D eigenvalue weighted by atomic mass is 32.1. The van der Waals surface area contributed by atoms with Gasteiger partial charge in [-0.1, -0.05) is 6.08 Å². The maximum absolute atomic E-state index is 5.94. The first kappa shape index (κ1) is 12.6. The number of fused-ring (bicyclic) bond motifs is 1. The number of rotatable bonds is 4. The minimum atomic E-state index is 0.561. The number of anilines is 1. The highest BCUT2D eigenvalue weighted by molar-refractivity contribution is 7.16. The molecule has 100 valence electrons. The largest absolute Gasteiger partial charge is 0.438 e. The number of nitrogens with zero attached hydrogens (tertiary/aromatic N) is 2. The summed E-state index contributed by atoms with van der Waals surface area (Å²) in [6.45, 7) is 3.76. The third kappa shape index (κ3) is 2.35. The summed E-state index contributed by atoms with van der Waals surface area (Å²) < 4.78 is 5.94. The minimum Gasteiger partial charge on any atom is -0.438 e. The lowest BCUT2D eigenvalue weighted by Crippen LogP contribution is -1.95. The molecule has 0 amide bonds. The van der Waals surface area contributed by atoms with Crippen molar-refractivity contribution in [3.05, 3.63) is 54.2 Å². The van der Waals surface area contributed by atoms with Crippen molar-refractivity contribution in [2.75, 3.05) is 5.73 Å². The number of nitrogens with two attached hydrogens (primary N) is 1. The summed E-state index contributed by atoms with van der Waals surface area (Å²) in [5.41, 5.74) is 7.51. The Morgan fingerprint density at radius 3 is 3.05 bits per heavy atom. The van der Waals surface area contributed by atoms with E-state index in [2.05, 4.69) is 16.5 Å². The predicted octanol–water partition coefficient (Wildman–Crippen LogP) is 3.79. The highest BCUT2D eigenvalue weighted by Gasteiger charge is 2.10. The SMILES string of the molecule is C=CCc1cc(N)ccc1Oc1ncnc2sccc12. The Kier molecular flexibility index (Phi) is 3.35. The molecule has 3 rings (SSSR count). The standard InChI is InChI=1S/C15H13N3OS/c1-2-3-10-8-11(16)4-5-13(10)19-14-12-6-7-20-15(12)18-9-17-14/h2,4-9H,1,3,16H2. The van der Waals surface area contributed by atoms with Gasteiger partial charge in [-0.3, -0.25) is 0 Å². The number of nitrogen functional groups attached to an aromatic ring is 1. The molecule has 0 unspecified atom stereocenters. The van der Waals surface area contributed by atoms with E-state index in [1.807, 2.05) is 35.7 Å². The summed E-state index contributed by atoms with van der Waals surface area (Å²) >= 11 is 1.56. The monoisotopic (exact) mass is 283 g/mol. The zero-order valence-corrected chi connectivity index (χ0v) is 11.6. The van der Waals surface area contributed by atoms with Crippen molar-refractivity contribution in [2.24, 2.45) is 0 Å². The second-order valence-electron chi connectivity index (χ2n) is 4.28. The fourth-order valence-corrected chi connectivity index (χ4v) is 2.69. The molecule has 2 N–H and O–H groups in total. The predicted molar refractivity (Wildman–Crippen MR) is 82.2 cm³/mol. The summed E-state index contributed by atoms with van der Waals surface area (Å²) in [6.07, 6.45) is 4.03. The zero-order valence-electron chi connectivity index (χ0n) is 10.7. The van der Waals surface area contributed by atoms with Gasteiger partial charge in [-0.15, -0.1) is 17.9 Å². The molecule has 0 saturated heterocycles. The van der Waals surface area contributed by atoms with E-state index < -0.39 is 0 Å². The summed E-state index contributed by atoms with van der Waals surface area (Å²) in [4.78, 5) is 9.33. The van der Waals surface area contributed by atoms with Crippen molar-refractivity contribution in [1.82, 2.24) is 9.97 Å². The van der Waals surface area contributed by atoms with E-state index in [0.29, 0.717) is 18.0 Å². The van der Waals surface area contributed by atoms with Gasteiger partial charge in [-0.05, 0) is 36.1 Å². The Bertz CT molecular complexity index is 767. The lowest BCUT2D eigenvalue weighted by atomic mass is 10.1. The first-order valence-electron chi connectivity index (χ1n) is 6.13. The molecule has 3 aromatic rings. The van der Waals surface area contributed by atoms with Crippen LogP contribution in [0.3, 0.4) is 0 Å². The van der Waals surface area contributed by atoms with Gasteiger partial charge >= 0.3 is 0 Å². The number of hydrogen-bond donors (Lipinski definition) is 1. The average molecular weight is 283 g/mol. The second kappa shape index (κ2) is 5.30. The second-order valence-corrected chi connectivity index (χ2v) is 5.17. The van der Waals surface area contributed by atoms with Gasteiger partial charge in [0.05, 0.1) is 5.39 Å². The van der Waals surface area contributed by atoms with E-state index in [0.717, 1.165) is 21.5 Å². The summed E-state index contributed by atoms with van der Waals surface area (Å²) in [5, 5.41) is 2.89. The molecular formula is C15H13N3OS. The van der Waals surface area contributed by atoms with Gasteiger partial charge in [-0.2, -0.15) is 0 Å². The Labute approximate surface area is 120 Å². The number of aromatic nitrogens is 2. The molecule has 0 aliphatic rings. The molecule has 0 aliphatic heterocycles. The van der Waals surface area contributed by atoms with Crippen LogP contribution in [0, 0.1) is 0 Å². The van der Waals surface area contributed by atoms with Gasteiger partial charge < -0.3 is 10.5 Å². The maximum atomic E-state index is 5.94. The van der Waals surface area contributed by atoms with Gasteiger partial charge in [0.15, 0.2) is 0 Å². The lowest BCUT2D eigenvalue weighted by Gasteiger charge is -2.10. The minimum absolute atomic E-state index is 0.561. The smallest absolute Gasteiger partial charge is 0.231 e. The van der Waals surface area contributed by atoms with Crippen molar-refractivity contribution in [3.8, 4) is 11.6 Å². The molecule has 1 aromatic carbocycles. The molecule has 0 saturated carbocycles. The van der Waals surface area contributed by atoms with Crippen LogP contribution in [-0.2, 0) is 6.42 Å². The van der Waals surface area contributed by atoms with Crippen LogP contribution in [0.1, 0.15) is 5.56 Å². The van der Waals surface area contributed by atoms with Crippen molar-refractivity contribution in [1.29, 1.82) is 0 Å². The molecule has 5 heteroatoms. The fourth-order valence-electron chi connectivity index (χ4n) is 1.97. The fraction of sp³-hybridized carbons (Fsp3) is 0.0667. The van der Waals surface area contributed by atoms with Crippen molar-refractivity contribution in [3.63, 3.8) is 0 Å². The Balaban J connectivity index is 2.02. The van der Waals surface area contributed by atoms with Crippen molar-refractivity contribution in [2.45, 2.75) is 6.42 Å². The molecule has 2 heterocycles. The normalized spacial score (nSPS) is 10.6. The van der Waals surface area contributed by atoms with Gasteiger partial charge in [0, 0.05) is 11.3 Å². The number of benzene rings is 1. The Morgan fingerprint density at radius 1 is 1.30 bits per heavy atom. The molecule has 20 heavy (non-hydrogen) atoms. The molecule has 0 bridgehead atoms. The number of hydrogen-bond acceptors (Lipinski definition) is 5. The van der Waals surface area contributed by atoms with Crippen LogP contribution in [-0.4, -0.2) is 9.97 Å². The third-order valence-corrected chi connectivity index (χ3v) is 3.70. The summed E-state index contributed by atoms with van der Waals surface area (Å²) in [6, 6.07) is 7.52. The van der Waals surface area contributed by atoms with Gasteiger partial charge in [-0.25, -0.2) is 9.97 Å².